The molecule has 0 atom stereocenters. The molecule has 0 saturated heterocycles. The Morgan fingerprint density at radius 2 is 0.964 bits per heavy atom. The molecule has 0 aliphatic carbocycles. The van der Waals surface area contributed by atoms with Gasteiger partial charge in [-0.15, -0.1) is 0 Å². The van der Waals surface area contributed by atoms with Gasteiger partial charge in [0, 0.05) is 10.9 Å². The Kier molecular flexibility index (Phi) is 3.20. The minimum atomic E-state index is 0.968. The maximum absolute atomic E-state index is 4.62. The summed E-state index contributed by atoms with van der Waals surface area (Å²) in [6.07, 6.45) is 1.65. The molecule has 2 heteroatoms. The number of aromatic nitrogens is 2. The molecule has 0 unspecified atom stereocenters. The van der Waals surface area contributed by atoms with Gasteiger partial charge in [0.15, 0.2) is 0 Å². The van der Waals surface area contributed by atoms with Crippen molar-refractivity contribution in [2.45, 2.75) is 0 Å². The number of hydrogen-bond acceptors (Lipinski definition) is 2. The first kappa shape index (κ1) is 15.3. The van der Waals surface area contributed by atoms with E-state index in [2.05, 4.69) is 82.8 Å². The van der Waals surface area contributed by atoms with Crippen LogP contribution in [-0.2, 0) is 0 Å². The molecule has 1 aromatic heterocycles. The number of nitrogens with zero attached hydrogens (tertiary/aromatic N) is 2. The molecule has 1 heterocycles. The molecule has 28 heavy (non-hydrogen) atoms. The molecular formula is C26H16N2. The van der Waals surface area contributed by atoms with E-state index >= 15 is 0 Å². The van der Waals surface area contributed by atoms with Crippen molar-refractivity contribution >= 4 is 43.2 Å². The van der Waals surface area contributed by atoms with Crippen molar-refractivity contribution in [1.82, 2.24) is 9.97 Å². The lowest BCUT2D eigenvalue weighted by Gasteiger charge is -2.12. The third-order valence-electron chi connectivity index (χ3n) is 5.56. The minimum absolute atomic E-state index is 0.968. The van der Waals surface area contributed by atoms with Crippen molar-refractivity contribution in [3.05, 3.63) is 97.3 Å². The number of benzene rings is 5. The fraction of sp³-hybridized carbons (Fsp3) is 0. The van der Waals surface area contributed by atoms with Crippen LogP contribution < -0.4 is 0 Å². The van der Waals surface area contributed by atoms with Gasteiger partial charge in [-0.3, -0.25) is 0 Å². The molecule has 0 aliphatic heterocycles. The molecule has 0 saturated carbocycles. The number of hydrogen-bond donors (Lipinski definition) is 0. The van der Waals surface area contributed by atoms with E-state index in [4.69, 9.17) is 0 Å². The molecule has 5 aromatic carbocycles. The quantitative estimate of drug-likeness (QED) is 0.304. The Morgan fingerprint density at radius 1 is 0.429 bits per heavy atom. The van der Waals surface area contributed by atoms with Crippen molar-refractivity contribution in [1.29, 1.82) is 0 Å². The van der Waals surface area contributed by atoms with Crippen LogP contribution in [0.25, 0.3) is 54.5 Å². The molecule has 0 spiro atoms. The highest BCUT2D eigenvalue weighted by molar-refractivity contribution is 6.25. The number of para-hydroxylation sites is 1. The second kappa shape index (κ2) is 5.86. The van der Waals surface area contributed by atoms with Crippen LogP contribution in [0.5, 0.6) is 0 Å². The third kappa shape index (κ3) is 2.15. The fourth-order valence-electron chi connectivity index (χ4n) is 4.29. The van der Waals surface area contributed by atoms with Gasteiger partial charge in [0.1, 0.15) is 6.33 Å². The van der Waals surface area contributed by atoms with Crippen molar-refractivity contribution in [3.63, 3.8) is 0 Å². The molecule has 0 bridgehead atoms. The molecule has 0 amide bonds. The summed E-state index contributed by atoms with van der Waals surface area (Å²) in [5, 5.41) is 8.76. The maximum Gasteiger partial charge on any atom is 0.116 e. The van der Waals surface area contributed by atoms with E-state index < -0.39 is 0 Å². The van der Waals surface area contributed by atoms with Crippen molar-refractivity contribution in [2.75, 3.05) is 0 Å². The number of rotatable bonds is 1. The van der Waals surface area contributed by atoms with E-state index in [0.717, 1.165) is 22.2 Å². The van der Waals surface area contributed by atoms with Gasteiger partial charge in [0.05, 0.1) is 11.2 Å². The molecule has 0 aliphatic rings. The van der Waals surface area contributed by atoms with E-state index in [-0.39, 0.29) is 0 Å². The average Bonchev–Trinajstić information content (AvgIpc) is 2.78. The van der Waals surface area contributed by atoms with Crippen LogP contribution in [-0.4, -0.2) is 9.97 Å². The first-order chi connectivity index (χ1) is 13.9. The van der Waals surface area contributed by atoms with Crippen LogP contribution in [0.4, 0.5) is 0 Å². The van der Waals surface area contributed by atoms with E-state index in [1.165, 1.54) is 32.3 Å². The molecule has 6 rings (SSSR count). The second-order valence-corrected chi connectivity index (χ2v) is 7.09. The summed E-state index contributed by atoms with van der Waals surface area (Å²) < 4.78 is 0. The van der Waals surface area contributed by atoms with E-state index in [0.29, 0.717) is 0 Å². The van der Waals surface area contributed by atoms with Gasteiger partial charge in [-0.05, 0) is 44.5 Å². The zero-order valence-corrected chi connectivity index (χ0v) is 15.1. The summed E-state index contributed by atoms with van der Waals surface area (Å²) in [6.45, 7) is 0. The van der Waals surface area contributed by atoms with Crippen LogP contribution in [0.3, 0.4) is 0 Å². The zero-order valence-electron chi connectivity index (χ0n) is 15.1. The standard InChI is InChI=1S/C26H16N2/c1-2-9-20-18(7-1)19-8-3-4-10-21(19)24-15-17(13-14-22(20)24)26-23-11-5-6-12-25(23)27-16-28-26/h1-16H. The summed E-state index contributed by atoms with van der Waals surface area (Å²) >= 11 is 0. The predicted octanol–water partition coefficient (Wildman–Crippen LogP) is 6.76. The van der Waals surface area contributed by atoms with E-state index in [9.17, 15) is 0 Å². The van der Waals surface area contributed by atoms with Gasteiger partial charge in [-0.2, -0.15) is 0 Å². The normalized spacial score (nSPS) is 11.6. The Labute approximate surface area is 162 Å². The topological polar surface area (TPSA) is 25.8 Å². The highest BCUT2D eigenvalue weighted by Crippen LogP contribution is 2.37. The number of fused-ring (bicyclic) bond motifs is 7. The van der Waals surface area contributed by atoms with Gasteiger partial charge in [0.2, 0.25) is 0 Å². The monoisotopic (exact) mass is 356 g/mol. The highest BCUT2D eigenvalue weighted by Gasteiger charge is 2.11. The first-order valence-electron chi connectivity index (χ1n) is 9.43. The Morgan fingerprint density at radius 3 is 1.64 bits per heavy atom. The van der Waals surface area contributed by atoms with Gasteiger partial charge >= 0.3 is 0 Å². The van der Waals surface area contributed by atoms with Crippen LogP contribution in [0, 0.1) is 0 Å². The lowest BCUT2D eigenvalue weighted by Crippen LogP contribution is -1.90. The van der Waals surface area contributed by atoms with E-state index in [1.807, 2.05) is 18.2 Å². The lowest BCUT2D eigenvalue weighted by atomic mass is 9.92. The van der Waals surface area contributed by atoms with Crippen LogP contribution in [0.1, 0.15) is 0 Å². The first-order valence-corrected chi connectivity index (χ1v) is 9.43. The van der Waals surface area contributed by atoms with E-state index in [1.54, 1.807) is 6.33 Å². The summed E-state index contributed by atoms with van der Waals surface area (Å²) in [5.41, 5.74) is 3.06. The summed E-state index contributed by atoms with van der Waals surface area (Å²) in [7, 11) is 0. The summed E-state index contributed by atoms with van der Waals surface area (Å²) in [4.78, 5) is 9.02. The molecule has 2 nitrogen and oxygen atoms in total. The van der Waals surface area contributed by atoms with Crippen molar-refractivity contribution in [3.8, 4) is 11.3 Å². The molecule has 6 aromatic rings. The largest absolute Gasteiger partial charge is 0.236 e. The predicted molar refractivity (Wildman–Crippen MR) is 117 cm³/mol. The molecular weight excluding hydrogens is 340 g/mol. The molecule has 130 valence electrons. The average molecular weight is 356 g/mol. The fourth-order valence-corrected chi connectivity index (χ4v) is 4.29. The van der Waals surface area contributed by atoms with Gasteiger partial charge in [-0.1, -0.05) is 78.9 Å². The van der Waals surface area contributed by atoms with Crippen LogP contribution in [0.15, 0.2) is 97.3 Å². The Balaban J connectivity index is 1.76. The zero-order chi connectivity index (χ0) is 18.5. The molecule has 0 fully saturated rings. The SMILES string of the molecule is c1ccc2c(-c3ccc4c5ccccc5c5ccccc5c4c3)ncnc2c1. The summed E-state index contributed by atoms with van der Waals surface area (Å²) in [5.74, 6) is 0. The smallest absolute Gasteiger partial charge is 0.116 e. The second-order valence-electron chi connectivity index (χ2n) is 7.09. The van der Waals surface area contributed by atoms with Gasteiger partial charge in [0.25, 0.3) is 0 Å². The Bertz CT molecular complexity index is 1480. The molecule has 0 N–H and O–H groups in total. The lowest BCUT2D eigenvalue weighted by molar-refractivity contribution is 1.23. The maximum atomic E-state index is 4.62. The van der Waals surface area contributed by atoms with Crippen molar-refractivity contribution < 1.29 is 0 Å². The minimum Gasteiger partial charge on any atom is -0.236 e. The Hall–Kier alpha value is -3.78. The van der Waals surface area contributed by atoms with Gasteiger partial charge < -0.3 is 0 Å². The van der Waals surface area contributed by atoms with Crippen molar-refractivity contribution in [2.24, 2.45) is 0 Å². The third-order valence-corrected chi connectivity index (χ3v) is 5.56. The highest BCUT2D eigenvalue weighted by atomic mass is 14.8. The van der Waals surface area contributed by atoms with Crippen LogP contribution in [0.2, 0.25) is 0 Å². The molecule has 0 radical (unpaired) electrons. The summed E-state index contributed by atoms with van der Waals surface area (Å²) in [6, 6.07) is 32.2. The van der Waals surface area contributed by atoms with Crippen LogP contribution >= 0.6 is 0 Å². The van der Waals surface area contributed by atoms with Gasteiger partial charge in [-0.25, -0.2) is 9.97 Å².